The first-order chi connectivity index (χ1) is 4.63. The van der Waals surface area contributed by atoms with Gasteiger partial charge in [0.1, 0.15) is 18.3 Å². The summed E-state index contributed by atoms with van der Waals surface area (Å²) >= 11 is 0. The van der Waals surface area contributed by atoms with Crippen LogP contribution in [-0.4, -0.2) is 39.7 Å². The summed E-state index contributed by atoms with van der Waals surface area (Å²) in [6, 6.07) is -0.571. The first-order valence-electron chi connectivity index (χ1n) is 3.11. The minimum atomic E-state index is -1.15. The van der Waals surface area contributed by atoms with Gasteiger partial charge >= 0.3 is 0 Å². The van der Waals surface area contributed by atoms with Gasteiger partial charge in [0.15, 0.2) is 0 Å². The lowest BCUT2D eigenvalue weighted by Crippen LogP contribution is -2.49. The Morgan fingerprint density at radius 1 is 1.00 bits per heavy atom. The lowest BCUT2D eigenvalue weighted by Gasteiger charge is -2.28. The second-order valence-corrected chi connectivity index (χ2v) is 2.43. The molecule has 0 amide bonds. The summed E-state index contributed by atoms with van der Waals surface area (Å²) < 4.78 is 0. The third-order valence-electron chi connectivity index (χ3n) is 1.62. The van der Waals surface area contributed by atoms with Crippen LogP contribution in [0, 0.1) is 0 Å². The lowest BCUT2D eigenvalue weighted by molar-refractivity contribution is -0.0518. The molecule has 0 radical (unpaired) electrons. The number of rotatable bonds is 0. The van der Waals surface area contributed by atoms with Crippen molar-refractivity contribution in [3.63, 3.8) is 0 Å². The van der Waals surface area contributed by atoms with Gasteiger partial charge in [-0.15, -0.1) is 0 Å². The molecule has 4 heteroatoms. The second kappa shape index (κ2) is 2.67. The van der Waals surface area contributed by atoms with Crippen LogP contribution in [-0.2, 0) is 0 Å². The summed E-state index contributed by atoms with van der Waals surface area (Å²) in [6.45, 7) is 0. The molecule has 58 valence electrons. The molecule has 0 bridgehead atoms. The van der Waals surface area contributed by atoms with Crippen molar-refractivity contribution >= 4 is 0 Å². The molecule has 0 unspecified atom stereocenters. The van der Waals surface area contributed by atoms with Crippen LogP contribution < -0.4 is 5.73 Å². The molecule has 0 aliphatic heterocycles. The van der Waals surface area contributed by atoms with Crippen LogP contribution in [0.25, 0.3) is 0 Å². The van der Waals surface area contributed by atoms with Crippen molar-refractivity contribution in [2.45, 2.75) is 24.4 Å². The Morgan fingerprint density at radius 2 is 1.60 bits per heavy atom. The van der Waals surface area contributed by atoms with Gasteiger partial charge < -0.3 is 21.1 Å². The highest BCUT2D eigenvalue weighted by Gasteiger charge is 2.30. The van der Waals surface area contributed by atoms with Crippen LogP contribution in [0.3, 0.4) is 0 Å². The first kappa shape index (κ1) is 7.68. The fourth-order valence-corrected chi connectivity index (χ4v) is 0.900. The standard InChI is InChI=1S/C6H11NO3/c7-3-1-2-4(8)6(10)5(3)9/h1-6,8-10H,7H2/t3-,4-,5+,6+/m1/s1. The average Bonchev–Trinajstić information content (AvgIpc) is 1.93. The molecule has 1 aliphatic carbocycles. The summed E-state index contributed by atoms with van der Waals surface area (Å²) in [5.74, 6) is 0. The Kier molecular flexibility index (Phi) is 2.05. The van der Waals surface area contributed by atoms with Crippen LogP contribution >= 0.6 is 0 Å². The van der Waals surface area contributed by atoms with Crippen LogP contribution in [0.1, 0.15) is 0 Å². The Bertz CT molecular complexity index is 132. The van der Waals surface area contributed by atoms with Crippen LogP contribution in [0.2, 0.25) is 0 Å². The van der Waals surface area contributed by atoms with Gasteiger partial charge in [0.25, 0.3) is 0 Å². The van der Waals surface area contributed by atoms with Crippen molar-refractivity contribution in [2.24, 2.45) is 5.73 Å². The van der Waals surface area contributed by atoms with E-state index >= 15 is 0 Å². The molecule has 0 aromatic carbocycles. The highest BCUT2D eigenvalue weighted by molar-refractivity contribution is 5.09. The van der Waals surface area contributed by atoms with Gasteiger partial charge in [-0.25, -0.2) is 0 Å². The maximum Gasteiger partial charge on any atom is 0.111 e. The van der Waals surface area contributed by atoms with Gasteiger partial charge in [0.2, 0.25) is 0 Å². The van der Waals surface area contributed by atoms with Crippen molar-refractivity contribution in [3.8, 4) is 0 Å². The van der Waals surface area contributed by atoms with Crippen molar-refractivity contribution in [3.05, 3.63) is 12.2 Å². The van der Waals surface area contributed by atoms with E-state index in [1.807, 2.05) is 0 Å². The molecule has 4 nitrogen and oxygen atoms in total. The number of aliphatic hydroxyl groups excluding tert-OH is 3. The van der Waals surface area contributed by atoms with Gasteiger partial charge in [-0.3, -0.25) is 0 Å². The van der Waals surface area contributed by atoms with Crippen LogP contribution in [0.4, 0.5) is 0 Å². The SMILES string of the molecule is N[C@@H]1C=C[C@@H](O)[C@H](O)[C@H]1O. The summed E-state index contributed by atoms with van der Waals surface area (Å²) in [7, 11) is 0. The zero-order chi connectivity index (χ0) is 7.72. The number of hydrogen-bond donors (Lipinski definition) is 4. The largest absolute Gasteiger partial charge is 0.388 e. The minimum absolute atomic E-state index is 0.571. The van der Waals surface area contributed by atoms with E-state index in [1.54, 1.807) is 0 Å². The van der Waals surface area contributed by atoms with E-state index in [1.165, 1.54) is 12.2 Å². The Balaban J connectivity index is 2.69. The van der Waals surface area contributed by atoms with Gasteiger partial charge in [0, 0.05) is 0 Å². The van der Waals surface area contributed by atoms with Gasteiger partial charge in [-0.2, -0.15) is 0 Å². The smallest absolute Gasteiger partial charge is 0.111 e. The summed E-state index contributed by atoms with van der Waals surface area (Å²) in [4.78, 5) is 0. The van der Waals surface area contributed by atoms with E-state index in [0.717, 1.165) is 0 Å². The predicted octanol–water partition coefficient (Wildman–Crippen LogP) is -2.03. The molecule has 10 heavy (non-hydrogen) atoms. The normalized spacial score (nSPS) is 47.6. The molecule has 1 aliphatic rings. The molecular weight excluding hydrogens is 134 g/mol. The fourth-order valence-electron chi connectivity index (χ4n) is 0.900. The molecule has 4 atom stereocenters. The van der Waals surface area contributed by atoms with Gasteiger partial charge in [0.05, 0.1) is 6.04 Å². The molecule has 0 fully saturated rings. The molecular formula is C6H11NO3. The second-order valence-electron chi connectivity index (χ2n) is 2.43. The van der Waals surface area contributed by atoms with Gasteiger partial charge in [-0.05, 0) is 0 Å². The predicted molar refractivity (Wildman–Crippen MR) is 35.1 cm³/mol. The fraction of sp³-hybridized carbons (Fsp3) is 0.667. The Hall–Kier alpha value is -0.420. The maximum atomic E-state index is 9.03. The zero-order valence-corrected chi connectivity index (χ0v) is 5.38. The lowest BCUT2D eigenvalue weighted by atomic mass is 9.95. The molecule has 1 rings (SSSR count). The zero-order valence-electron chi connectivity index (χ0n) is 5.38. The van der Waals surface area contributed by atoms with Crippen molar-refractivity contribution in [1.82, 2.24) is 0 Å². The Morgan fingerprint density at radius 3 is 2.10 bits per heavy atom. The molecule has 0 saturated carbocycles. The number of hydrogen-bond acceptors (Lipinski definition) is 4. The summed E-state index contributed by atoms with van der Waals surface area (Å²) in [6.07, 6.45) is -0.348. The van der Waals surface area contributed by atoms with E-state index in [0.29, 0.717) is 0 Å². The van der Waals surface area contributed by atoms with Crippen LogP contribution in [0.5, 0.6) is 0 Å². The highest BCUT2D eigenvalue weighted by atomic mass is 16.4. The summed E-state index contributed by atoms with van der Waals surface area (Å²) in [5, 5.41) is 26.9. The maximum absolute atomic E-state index is 9.03. The van der Waals surface area contributed by atoms with Crippen molar-refractivity contribution in [1.29, 1.82) is 0 Å². The molecule has 0 spiro atoms. The van der Waals surface area contributed by atoms with Crippen molar-refractivity contribution < 1.29 is 15.3 Å². The molecule has 0 aromatic rings. The van der Waals surface area contributed by atoms with E-state index in [2.05, 4.69) is 0 Å². The van der Waals surface area contributed by atoms with Gasteiger partial charge in [-0.1, -0.05) is 12.2 Å². The molecule has 5 N–H and O–H groups in total. The van der Waals surface area contributed by atoms with E-state index in [4.69, 9.17) is 21.1 Å². The average molecular weight is 145 g/mol. The van der Waals surface area contributed by atoms with Crippen LogP contribution in [0.15, 0.2) is 12.2 Å². The topological polar surface area (TPSA) is 86.7 Å². The summed E-state index contributed by atoms with van der Waals surface area (Å²) in [5.41, 5.74) is 5.32. The number of nitrogens with two attached hydrogens (primary N) is 1. The molecule has 0 saturated heterocycles. The third kappa shape index (κ3) is 1.19. The number of aliphatic hydroxyl groups is 3. The van der Waals surface area contributed by atoms with E-state index < -0.39 is 24.4 Å². The quantitative estimate of drug-likeness (QED) is 0.296. The highest BCUT2D eigenvalue weighted by Crippen LogP contribution is 2.11. The third-order valence-corrected chi connectivity index (χ3v) is 1.62. The Labute approximate surface area is 58.6 Å². The van der Waals surface area contributed by atoms with Crippen molar-refractivity contribution in [2.75, 3.05) is 0 Å². The first-order valence-corrected chi connectivity index (χ1v) is 3.11. The molecule has 0 aromatic heterocycles. The van der Waals surface area contributed by atoms with E-state index in [9.17, 15) is 0 Å². The monoisotopic (exact) mass is 145 g/mol. The molecule has 0 heterocycles. The minimum Gasteiger partial charge on any atom is -0.388 e. The van der Waals surface area contributed by atoms with E-state index in [-0.39, 0.29) is 0 Å².